The van der Waals surface area contributed by atoms with E-state index in [0.717, 1.165) is 5.82 Å². The fourth-order valence-electron chi connectivity index (χ4n) is 2.65. The molecule has 0 amide bonds. The molecule has 17 heavy (non-hydrogen) atoms. The van der Waals surface area contributed by atoms with Crippen LogP contribution >= 0.6 is 11.6 Å². The van der Waals surface area contributed by atoms with Crippen LogP contribution in [0.3, 0.4) is 0 Å². The van der Waals surface area contributed by atoms with Crippen molar-refractivity contribution in [3.8, 4) is 0 Å². The van der Waals surface area contributed by atoms with Gasteiger partial charge in [-0.25, -0.2) is 9.97 Å². The van der Waals surface area contributed by atoms with Crippen molar-refractivity contribution in [3.63, 3.8) is 0 Å². The number of halogens is 1. The minimum absolute atomic E-state index is 0.354. The van der Waals surface area contributed by atoms with E-state index in [9.17, 15) is 0 Å². The first-order valence-electron chi connectivity index (χ1n) is 6.10. The predicted octanol–water partition coefficient (Wildman–Crippen LogP) is 2.73. The molecule has 5 heteroatoms. The van der Waals surface area contributed by atoms with Crippen LogP contribution in [0, 0.1) is 5.92 Å². The first kappa shape index (κ1) is 12.4. The Labute approximate surface area is 107 Å². The third-order valence-electron chi connectivity index (χ3n) is 3.70. The molecule has 0 radical (unpaired) electrons. The second kappa shape index (κ2) is 5.08. The molecule has 0 bridgehead atoms. The van der Waals surface area contributed by atoms with Gasteiger partial charge in [0.05, 0.1) is 0 Å². The van der Waals surface area contributed by atoms with Gasteiger partial charge in [0.1, 0.15) is 17.2 Å². The van der Waals surface area contributed by atoms with Crippen molar-refractivity contribution in [1.29, 1.82) is 0 Å². The van der Waals surface area contributed by atoms with Gasteiger partial charge < -0.3 is 10.6 Å². The summed E-state index contributed by atoms with van der Waals surface area (Å²) in [5.74, 6) is 1.77. The molecule has 1 aliphatic carbocycles. The number of hydrogen-bond donors (Lipinski definition) is 1. The second-order valence-corrected chi connectivity index (χ2v) is 5.21. The second-order valence-electron chi connectivity index (χ2n) is 4.84. The van der Waals surface area contributed by atoms with Crippen molar-refractivity contribution in [1.82, 2.24) is 9.97 Å². The fraction of sp³-hybridized carbons (Fsp3) is 0.667. The Morgan fingerprint density at radius 3 is 2.76 bits per heavy atom. The molecule has 1 fully saturated rings. The molecule has 0 saturated heterocycles. The van der Waals surface area contributed by atoms with E-state index in [2.05, 4.69) is 21.8 Å². The Balaban J connectivity index is 2.23. The van der Waals surface area contributed by atoms with Gasteiger partial charge in [0.25, 0.3) is 0 Å². The summed E-state index contributed by atoms with van der Waals surface area (Å²) >= 11 is 6.16. The van der Waals surface area contributed by atoms with Crippen molar-refractivity contribution in [3.05, 3.63) is 11.3 Å². The SMILES string of the molecule is CC1CCCCC1N(C)c1ncnc(N)c1Cl. The summed E-state index contributed by atoms with van der Waals surface area (Å²) in [6, 6.07) is 0.496. The highest BCUT2D eigenvalue weighted by Crippen LogP contribution is 2.33. The minimum atomic E-state index is 0.354. The van der Waals surface area contributed by atoms with Gasteiger partial charge in [-0.2, -0.15) is 0 Å². The Hall–Kier alpha value is -1.03. The first-order valence-corrected chi connectivity index (χ1v) is 6.48. The summed E-state index contributed by atoms with van der Waals surface area (Å²) in [5.41, 5.74) is 5.71. The number of hydrogen-bond acceptors (Lipinski definition) is 4. The molecule has 2 rings (SSSR count). The number of nitrogens with zero attached hydrogens (tertiary/aromatic N) is 3. The maximum Gasteiger partial charge on any atom is 0.153 e. The molecule has 1 heterocycles. The van der Waals surface area contributed by atoms with Crippen molar-refractivity contribution in [2.24, 2.45) is 5.92 Å². The lowest BCUT2D eigenvalue weighted by atomic mass is 9.85. The predicted molar refractivity (Wildman–Crippen MR) is 71.3 cm³/mol. The quantitative estimate of drug-likeness (QED) is 0.882. The fourth-order valence-corrected chi connectivity index (χ4v) is 2.88. The smallest absolute Gasteiger partial charge is 0.153 e. The van der Waals surface area contributed by atoms with Crippen LogP contribution in [0.5, 0.6) is 0 Å². The summed E-state index contributed by atoms with van der Waals surface area (Å²) in [5, 5.41) is 0.466. The summed E-state index contributed by atoms with van der Waals surface area (Å²) in [7, 11) is 2.04. The highest BCUT2D eigenvalue weighted by atomic mass is 35.5. The summed E-state index contributed by atoms with van der Waals surface area (Å²) in [6.07, 6.45) is 6.54. The summed E-state index contributed by atoms with van der Waals surface area (Å²) < 4.78 is 0. The highest BCUT2D eigenvalue weighted by molar-refractivity contribution is 6.35. The molecule has 1 saturated carbocycles. The Bertz CT molecular complexity index is 396. The molecule has 1 aromatic rings. The third kappa shape index (κ3) is 2.46. The Morgan fingerprint density at radius 1 is 1.35 bits per heavy atom. The van der Waals surface area contributed by atoms with Crippen LogP contribution in [0.1, 0.15) is 32.6 Å². The van der Waals surface area contributed by atoms with Crippen molar-refractivity contribution < 1.29 is 0 Å². The van der Waals surface area contributed by atoms with E-state index in [1.165, 1.54) is 32.0 Å². The average molecular weight is 255 g/mol. The zero-order chi connectivity index (χ0) is 12.4. The Morgan fingerprint density at radius 2 is 2.06 bits per heavy atom. The standard InChI is InChI=1S/C12H19ClN4/c1-8-5-3-4-6-9(8)17(2)12-10(13)11(14)15-7-16-12/h7-9H,3-6H2,1-2H3,(H2,14,15,16). The average Bonchev–Trinajstić information content (AvgIpc) is 2.32. The van der Waals surface area contributed by atoms with Crippen LogP contribution in [0.4, 0.5) is 11.6 Å². The van der Waals surface area contributed by atoms with E-state index in [-0.39, 0.29) is 0 Å². The number of aromatic nitrogens is 2. The van der Waals surface area contributed by atoms with E-state index >= 15 is 0 Å². The molecule has 0 aromatic carbocycles. The molecule has 2 N–H and O–H groups in total. The normalized spacial score (nSPS) is 24.6. The maximum atomic E-state index is 6.16. The van der Waals surface area contributed by atoms with Gasteiger partial charge in [-0.15, -0.1) is 0 Å². The van der Waals surface area contributed by atoms with Crippen molar-refractivity contribution in [2.45, 2.75) is 38.6 Å². The van der Waals surface area contributed by atoms with E-state index in [0.29, 0.717) is 22.8 Å². The molecular formula is C12H19ClN4. The lowest BCUT2D eigenvalue weighted by Gasteiger charge is -2.37. The number of anilines is 2. The van der Waals surface area contributed by atoms with Crippen LogP contribution < -0.4 is 10.6 Å². The molecule has 4 nitrogen and oxygen atoms in total. The van der Waals surface area contributed by atoms with Crippen LogP contribution in [0.2, 0.25) is 5.02 Å². The summed E-state index contributed by atoms with van der Waals surface area (Å²) in [4.78, 5) is 10.3. The van der Waals surface area contributed by atoms with Crippen LogP contribution in [0.25, 0.3) is 0 Å². The molecule has 1 aliphatic rings. The molecule has 1 aromatic heterocycles. The molecule has 2 atom stereocenters. The molecule has 94 valence electrons. The third-order valence-corrected chi connectivity index (χ3v) is 4.06. The van der Waals surface area contributed by atoms with E-state index in [4.69, 9.17) is 17.3 Å². The van der Waals surface area contributed by atoms with Crippen LogP contribution in [-0.4, -0.2) is 23.1 Å². The van der Waals surface area contributed by atoms with Crippen LogP contribution in [0.15, 0.2) is 6.33 Å². The lowest BCUT2D eigenvalue weighted by Crippen LogP contribution is -2.39. The zero-order valence-electron chi connectivity index (χ0n) is 10.4. The van der Waals surface area contributed by atoms with Crippen LogP contribution in [-0.2, 0) is 0 Å². The van der Waals surface area contributed by atoms with Gasteiger partial charge in [0.2, 0.25) is 0 Å². The molecular weight excluding hydrogens is 236 g/mol. The number of nitrogen functional groups attached to an aromatic ring is 1. The minimum Gasteiger partial charge on any atom is -0.382 e. The van der Waals surface area contributed by atoms with Gasteiger partial charge in [-0.05, 0) is 18.8 Å². The maximum absolute atomic E-state index is 6.16. The zero-order valence-corrected chi connectivity index (χ0v) is 11.1. The summed E-state index contributed by atoms with van der Waals surface area (Å²) in [6.45, 7) is 2.29. The highest BCUT2D eigenvalue weighted by Gasteiger charge is 2.27. The van der Waals surface area contributed by atoms with Gasteiger partial charge in [-0.3, -0.25) is 0 Å². The van der Waals surface area contributed by atoms with E-state index in [1.54, 1.807) is 0 Å². The molecule has 2 unspecified atom stereocenters. The van der Waals surface area contributed by atoms with Gasteiger partial charge in [0, 0.05) is 13.1 Å². The first-order chi connectivity index (χ1) is 8.11. The van der Waals surface area contributed by atoms with Gasteiger partial charge in [0.15, 0.2) is 5.82 Å². The number of rotatable bonds is 2. The number of nitrogens with two attached hydrogens (primary N) is 1. The molecule has 0 aliphatic heterocycles. The largest absolute Gasteiger partial charge is 0.382 e. The van der Waals surface area contributed by atoms with E-state index in [1.807, 2.05) is 7.05 Å². The van der Waals surface area contributed by atoms with Crippen molar-refractivity contribution in [2.75, 3.05) is 17.7 Å². The van der Waals surface area contributed by atoms with Crippen molar-refractivity contribution >= 4 is 23.2 Å². The topological polar surface area (TPSA) is 55.0 Å². The monoisotopic (exact) mass is 254 g/mol. The van der Waals surface area contributed by atoms with E-state index < -0.39 is 0 Å². The van der Waals surface area contributed by atoms with Gasteiger partial charge in [-0.1, -0.05) is 31.4 Å². The lowest BCUT2D eigenvalue weighted by molar-refractivity contribution is 0.320. The molecule has 0 spiro atoms. The van der Waals surface area contributed by atoms with Gasteiger partial charge >= 0.3 is 0 Å². The Kier molecular flexibility index (Phi) is 3.72.